The summed E-state index contributed by atoms with van der Waals surface area (Å²) in [6.45, 7) is 1.82. The minimum Gasteiger partial charge on any atom is -0.465 e. The molecule has 0 aromatic heterocycles. The first-order valence-corrected chi connectivity index (χ1v) is 3.74. The number of rotatable bonds is 2. The molecule has 0 aliphatic heterocycles. The molecule has 0 spiro atoms. The van der Waals surface area contributed by atoms with Gasteiger partial charge in [-0.15, -0.1) is 0 Å². The fourth-order valence-corrected chi connectivity index (χ4v) is 0.470. The molecule has 48 valence electrons. The zero-order chi connectivity index (χ0) is 6.57. The van der Waals surface area contributed by atoms with Crippen molar-refractivity contribution in [2.75, 3.05) is 4.43 Å². The molecular weight excluding hydrogens is 221 g/mol. The van der Waals surface area contributed by atoms with Crippen LogP contribution >= 0.6 is 22.6 Å². The van der Waals surface area contributed by atoms with Crippen molar-refractivity contribution in [1.82, 2.24) is 5.32 Å². The highest BCUT2D eigenvalue weighted by atomic mass is 127. The number of hydrogen-bond donors (Lipinski definition) is 2. The number of nitrogens with one attached hydrogen (secondary N) is 1. The van der Waals surface area contributed by atoms with Crippen LogP contribution in [0.4, 0.5) is 4.79 Å². The van der Waals surface area contributed by atoms with E-state index in [2.05, 4.69) is 27.9 Å². The molecule has 1 amide bonds. The third-order valence-electron chi connectivity index (χ3n) is 0.601. The zero-order valence-electron chi connectivity index (χ0n) is 4.52. The summed E-state index contributed by atoms with van der Waals surface area (Å²) in [7, 11) is 0. The third-order valence-corrected chi connectivity index (χ3v) is 1.92. The average molecular weight is 229 g/mol. The normalized spacial score (nSPS) is 12.8. The van der Waals surface area contributed by atoms with Gasteiger partial charge in [0.1, 0.15) is 0 Å². The standard InChI is InChI=1S/C4H8INO2/c1-3(2-5)6-4(7)8/h3,6H,2H2,1H3,(H,7,8). The predicted octanol–water partition coefficient (Wildman–Crippen LogP) is 1.08. The van der Waals surface area contributed by atoms with E-state index in [-0.39, 0.29) is 6.04 Å². The fourth-order valence-electron chi connectivity index (χ4n) is 0.249. The van der Waals surface area contributed by atoms with E-state index < -0.39 is 6.09 Å². The highest BCUT2D eigenvalue weighted by Gasteiger charge is 2.00. The van der Waals surface area contributed by atoms with Crippen molar-refractivity contribution in [3.63, 3.8) is 0 Å². The van der Waals surface area contributed by atoms with E-state index in [1.165, 1.54) is 0 Å². The van der Waals surface area contributed by atoms with Gasteiger partial charge in [0.25, 0.3) is 0 Å². The largest absolute Gasteiger partial charge is 0.465 e. The summed E-state index contributed by atoms with van der Waals surface area (Å²) in [6.07, 6.45) is -0.950. The van der Waals surface area contributed by atoms with Crippen LogP contribution < -0.4 is 5.32 Å². The highest BCUT2D eigenvalue weighted by molar-refractivity contribution is 14.1. The Morgan fingerprint density at radius 1 is 2.00 bits per heavy atom. The van der Waals surface area contributed by atoms with Gasteiger partial charge < -0.3 is 10.4 Å². The van der Waals surface area contributed by atoms with Crippen LogP contribution in [0.25, 0.3) is 0 Å². The average Bonchev–Trinajstić information content (AvgIpc) is 1.65. The van der Waals surface area contributed by atoms with Crippen LogP contribution in [0.2, 0.25) is 0 Å². The summed E-state index contributed by atoms with van der Waals surface area (Å²) in [5, 5.41) is 10.4. The van der Waals surface area contributed by atoms with Gasteiger partial charge in [0.15, 0.2) is 0 Å². The Labute approximate surface area is 61.6 Å². The van der Waals surface area contributed by atoms with Gasteiger partial charge in [-0.25, -0.2) is 4.79 Å². The van der Waals surface area contributed by atoms with E-state index in [1.54, 1.807) is 0 Å². The maximum atomic E-state index is 9.85. The molecule has 8 heavy (non-hydrogen) atoms. The molecule has 0 rings (SSSR count). The molecule has 0 aliphatic carbocycles. The van der Waals surface area contributed by atoms with Crippen LogP contribution in [0.5, 0.6) is 0 Å². The lowest BCUT2D eigenvalue weighted by Gasteiger charge is -2.04. The minimum absolute atomic E-state index is 0.0631. The smallest absolute Gasteiger partial charge is 0.404 e. The lowest BCUT2D eigenvalue weighted by Crippen LogP contribution is -2.31. The van der Waals surface area contributed by atoms with Crippen LogP contribution in [0.1, 0.15) is 6.92 Å². The lowest BCUT2D eigenvalue weighted by atomic mass is 10.4. The zero-order valence-corrected chi connectivity index (χ0v) is 6.68. The monoisotopic (exact) mass is 229 g/mol. The summed E-state index contributed by atoms with van der Waals surface area (Å²) >= 11 is 2.12. The molecule has 3 nitrogen and oxygen atoms in total. The molecule has 0 aromatic carbocycles. The number of halogens is 1. The van der Waals surface area contributed by atoms with Crippen molar-refractivity contribution in [3.8, 4) is 0 Å². The van der Waals surface area contributed by atoms with E-state index in [0.717, 1.165) is 4.43 Å². The summed E-state index contributed by atoms with van der Waals surface area (Å²) in [5.74, 6) is 0. The Balaban J connectivity index is 3.24. The van der Waals surface area contributed by atoms with Crippen molar-refractivity contribution < 1.29 is 9.90 Å². The van der Waals surface area contributed by atoms with Crippen molar-refractivity contribution in [2.24, 2.45) is 0 Å². The van der Waals surface area contributed by atoms with Gasteiger partial charge in [0.05, 0.1) is 0 Å². The van der Waals surface area contributed by atoms with Crippen LogP contribution in [-0.2, 0) is 0 Å². The number of alkyl halides is 1. The summed E-state index contributed by atoms with van der Waals surface area (Å²) in [5.41, 5.74) is 0. The number of carbonyl (C=O) groups is 1. The maximum absolute atomic E-state index is 9.85. The van der Waals surface area contributed by atoms with E-state index in [4.69, 9.17) is 5.11 Å². The molecule has 0 saturated heterocycles. The van der Waals surface area contributed by atoms with Crippen LogP contribution in [0, 0.1) is 0 Å². The SMILES string of the molecule is CC(CI)NC(=O)O. The first kappa shape index (κ1) is 8.00. The molecular formula is C4H8INO2. The van der Waals surface area contributed by atoms with Crippen LogP contribution in [-0.4, -0.2) is 21.7 Å². The first-order chi connectivity index (χ1) is 3.66. The fraction of sp³-hybridized carbons (Fsp3) is 0.750. The van der Waals surface area contributed by atoms with Gasteiger partial charge in [-0.1, -0.05) is 22.6 Å². The molecule has 1 atom stereocenters. The second-order valence-electron chi connectivity index (χ2n) is 1.50. The highest BCUT2D eigenvalue weighted by Crippen LogP contribution is 1.87. The molecule has 0 saturated carbocycles. The maximum Gasteiger partial charge on any atom is 0.404 e. The predicted molar refractivity (Wildman–Crippen MR) is 39.5 cm³/mol. The van der Waals surface area contributed by atoms with E-state index >= 15 is 0 Å². The molecule has 0 radical (unpaired) electrons. The first-order valence-electron chi connectivity index (χ1n) is 2.22. The Morgan fingerprint density at radius 2 is 2.50 bits per heavy atom. The van der Waals surface area contributed by atoms with Gasteiger partial charge >= 0.3 is 6.09 Å². The Bertz CT molecular complexity index is 86.1. The molecule has 0 bridgehead atoms. The summed E-state index contributed by atoms with van der Waals surface area (Å²) < 4.78 is 0.810. The number of amides is 1. The Morgan fingerprint density at radius 3 is 2.62 bits per heavy atom. The van der Waals surface area contributed by atoms with E-state index in [1.807, 2.05) is 6.92 Å². The molecule has 1 unspecified atom stereocenters. The van der Waals surface area contributed by atoms with Crippen molar-refractivity contribution >= 4 is 28.7 Å². The van der Waals surface area contributed by atoms with Gasteiger partial charge in [0, 0.05) is 10.5 Å². The lowest BCUT2D eigenvalue weighted by molar-refractivity contribution is 0.192. The van der Waals surface area contributed by atoms with Gasteiger partial charge in [-0.05, 0) is 6.92 Å². The van der Waals surface area contributed by atoms with E-state index in [0.29, 0.717) is 0 Å². The van der Waals surface area contributed by atoms with Gasteiger partial charge in [-0.3, -0.25) is 0 Å². The molecule has 0 fully saturated rings. The number of carboxylic acid groups (broad SMARTS) is 1. The summed E-state index contributed by atoms with van der Waals surface area (Å²) in [6, 6.07) is 0.0631. The second-order valence-corrected chi connectivity index (χ2v) is 2.39. The topological polar surface area (TPSA) is 49.3 Å². The van der Waals surface area contributed by atoms with Crippen molar-refractivity contribution in [1.29, 1.82) is 0 Å². The molecule has 0 aliphatic rings. The molecule has 0 aromatic rings. The quantitative estimate of drug-likeness (QED) is 0.549. The second kappa shape index (κ2) is 3.94. The molecule has 4 heteroatoms. The number of hydrogen-bond acceptors (Lipinski definition) is 1. The minimum atomic E-state index is -0.950. The van der Waals surface area contributed by atoms with Crippen molar-refractivity contribution in [2.45, 2.75) is 13.0 Å². The third kappa shape index (κ3) is 4.17. The molecule has 0 heterocycles. The van der Waals surface area contributed by atoms with Gasteiger partial charge in [0.2, 0.25) is 0 Å². The summed E-state index contributed by atoms with van der Waals surface area (Å²) in [4.78, 5) is 9.85. The van der Waals surface area contributed by atoms with E-state index in [9.17, 15) is 4.79 Å². The Kier molecular flexibility index (Phi) is 3.94. The molecule has 2 N–H and O–H groups in total. The Hall–Kier alpha value is 0. The van der Waals surface area contributed by atoms with Crippen molar-refractivity contribution in [3.05, 3.63) is 0 Å². The van der Waals surface area contributed by atoms with Crippen LogP contribution in [0.3, 0.4) is 0 Å². The van der Waals surface area contributed by atoms with Gasteiger partial charge in [-0.2, -0.15) is 0 Å². The van der Waals surface area contributed by atoms with Crippen LogP contribution in [0.15, 0.2) is 0 Å².